The summed E-state index contributed by atoms with van der Waals surface area (Å²) < 4.78 is 26.1. The predicted molar refractivity (Wildman–Crippen MR) is 67.6 cm³/mol. The van der Waals surface area contributed by atoms with E-state index in [0.717, 1.165) is 12.1 Å². The summed E-state index contributed by atoms with van der Waals surface area (Å²) >= 11 is 5.75. The van der Waals surface area contributed by atoms with Crippen LogP contribution < -0.4 is 0 Å². The minimum absolute atomic E-state index is 0.112. The molecular formula is C13H12ClF2NO3. The highest BCUT2D eigenvalue weighted by molar-refractivity contribution is 6.33. The van der Waals surface area contributed by atoms with Crippen LogP contribution in [0.5, 0.6) is 0 Å². The standard InChI is InChI=1S/C13H12ClF2NO3/c14-9-6-11(16)10(15)5-8(9)12(18)17-3-1-7(2-4-17)13(19)20/h5-7H,1-4H2,(H,19,20). The van der Waals surface area contributed by atoms with E-state index < -0.39 is 29.4 Å². The second-order valence-corrected chi connectivity index (χ2v) is 5.06. The molecule has 0 aromatic heterocycles. The van der Waals surface area contributed by atoms with Crippen LogP contribution in [0.1, 0.15) is 23.2 Å². The van der Waals surface area contributed by atoms with Gasteiger partial charge in [0.1, 0.15) is 0 Å². The van der Waals surface area contributed by atoms with E-state index in [0.29, 0.717) is 12.8 Å². The predicted octanol–water partition coefficient (Wildman–Crippen LogP) is 2.56. The van der Waals surface area contributed by atoms with Crippen LogP contribution in [0.3, 0.4) is 0 Å². The number of hydrogen-bond acceptors (Lipinski definition) is 2. The third-order valence-electron chi connectivity index (χ3n) is 3.37. The first-order valence-corrected chi connectivity index (χ1v) is 6.44. The molecule has 7 heteroatoms. The van der Waals surface area contributed by atoms with Gasteiger partial charge in [0.2, 0.25) is 0 Å². The third-order valence-corrected chi connectivity index (χ3v) is 3.68. The van der Waals surface area contributed by atoms with Gasteiger partial charge >= 0.3 is 5.97 Å². The van der Waals surface area contributed by atoms with Crippen LogP contribution in [-0.2, 0) is 4.79 Å². The van der Waals surface area contributed by atoms with Gasteiger partial charge in [0.05, 0.1) is 16.5 Å². The largest absolute Gasteiger partial charge is 0.481 e. The maximum Gasteiger partial charge on any atom is 0.306 e. The first-order valence-electron chi connectivity index (χ1n) is 6.06. The number of rotatable bonds is 2. The molecule has 108 valence electrons. The molecule has 1 aromatic rings. The fraction of sp³-hybridized carbons (Fsp3) is 0.385. The van der Waals surface area contributed by atoms with Crippen LogP contribution in [0.15, 0.2) is 12.1 Å². The Morgan fingerprint density at radius 1 is 1.20 bits per heavy atom. The lowest BCUT2D eigenvalue weighted by atomic mass is 9.96. The third kappa shape index (κ3) is 2.90. The molecule has 1 aromatic carbocycles. The number of benzene rings is 1. The van der Waals surface area contributed by atoms with Crippen molar-refractivity contribution in [3.8, 4) is 0 Å². The Labute approximate surface area is 118 Å². The molecule has 1 saturated heterocycles. The van der Waals surface area contributed by atoms with Crippen LogP contribution in [0.25, 0.3) is 0 Å². The van der Waals surface area contributed by atoms with Gasteiger partial charge in [-0.15, -0.1) is 0 Å². The second-order valence-electron chi connectivity index (χ2n) is 4.65. The fourth-order valence-electron chi connectivity index (χ4n) is 2.19. The minimum Gasteiger partial charge on any atom is -0.481 e. The summed E-state index contributed by atoms with van der Waals surface area (Å²) in [5.74, 6) is -4.13. The molecule has 0 unspecified atom stereocenters. The van der Waals surface area contributed by atoms with Crippen molar-refractivity contribution in [2.75, 3.05) is 13.1 Å². The van der Waals surface area contributed by atoms with E-state index in [1.54, 1.807) is 0 Å². The van der Waals surface area contributed by atoms with Crippen molar-refractivity contribution in [1.82, 2.24) is 4.90 Å². The molecule has 1 amide bonds. The molecule has 0 radical (unpaired) electrons. The number of aliphatic carboxylic acids is 1. The highest BCUT2D eigenvalue weighted by atomic mass is 35.5. The number of nitrogens with zero attached hydrogens (tertiary/aromatic N) is 1. The Kier molecular flexibility index (Phi) is 4.23. The number of hydrogen-bond donors (Lipinski definition) is 1. The van der Waals surface area contributed by atoms with Crippen molar-refractivity contribution >= 4 is 23.5 Å². The Hall–Kier alpha value is -1.69. The first-order chi connectivity index (χ1) is 9.40. The Morgan fingerprint density at radius 2 is 1.75 bits per heavy atom. The van der Waals surface area contributed by atoms with Gasteiger partial charge in [0, 0.05) is 13.1 Å². The van der Waals surface area contributed by atoms with Crippen LogP contribution in [0.2, 0.25) is 5.02 Å². The first kappa shape index (κ1) is 14.7. The zero-order chi connectivity index (χ0) is 14.9. The van der Waals surface area contributed by atoms with Gasteiger partial charge < -0.3 is 10.0 Å². The van der Waals surface area contributed by atoms with Gasteiger partial charge in [-0.1, -0.05) is 11.6 Å². The van der Waals surface area contributed by atoms with E-state index in [2.05, 4.69) is 0 Å². The molecule has 1 fully saturated rings. The second kappa shape index (κ2) is 5.75. The number of carbonyl (C=O) groups is 2. The van der Waals surface area contributed by atoms with E-state index >= 15 is 0 Å². The smallest absolute Gasteiger partial charge is 0.306 e. The van der Waals surface area contributed by atoms with Crippen LogP contribution >= 0.6 is 11.6 Å². The molecule has 1 N–H and O–H groups in total. The van der Waals surface area contributed by atoms with Crippen molar-refractivity contribution in [1.29, 1.82) is 0 Å². The van der Waals surface area contributed by atoms with Crippen molar-refractivity contribution in [3.05, 3.63) is 34.4 Å². The zero-order valence-electron chi connectivity index (χ0n) is 10.4. The van der Waals surface area contributed by atoms with E-state index in [4.69, 9.17) is 16.7 Å². The monoisotopic (exact) mass is 303 g/mol. The number of carboxylic acids is 1. The highest BCUT2D eigenvalue weighted by Gasteiger charge is 2.28. The lowest BCUT2D eigenvalue weighted by Gasteiger charge is -2.30. The topological polar surface area (TPSA) is 57.6 Å². The van der Waals surface area contributed by atoms with E-state index in [1.807, 2.05) is 0 Å². The fourth-order valence-corrected chi connectivity index (χ4v) is 2.42. The highest BCUT2D eigenvalue weighted by Crippen LogP contribution is 2.24. The van der Waals surface area contributed by atoms with Gasteiger partial charge in [-0.3, -0.25) is 9.59 Å². The molecule has 0 aliphatic carbocycles. The lowest BCUT2D eigenvalue weighted by Crippen LogP contribution is -2.40. The molecule has 1 aliphatic heterocycles. The Bertz CT molecular complexity index is 557. The van der Waals surface area contributed by atoms with Crippen LogP contribution in [0.4, 0.5) is 8.78 Å². The van der Waals surface area contributed by atoms with Crippen LogP contribution in [-0.4, -0.2) is 35.0 Å². The molecule has 1 aliphatic rings. The summed E-state index contributed by atoms with van der Waals surface area (Å²) in [4.78, 5) is 24.4. The molecular weight excluding hydrogens is 292 g/mol. The average Bonchev–Trinajstić information content (AvgIpc) is 2.42. The summed E-state index contributed by atoms with van der Waals surface area (Å²) in [6, 6.07) is 1.53. The minimum atomic E-state index is -1.14. The normalized spacial score (nSPS) is 16.2. The van der Waals surface area contributed by atoms with Gasteiger partial charge in [-0.2, -0.15) is 0 Å². The molecule has 0 spiro atoms. The SMILES string of the molecule is O=C(O)C1CCN(C(=O)c2cc(F)c(F)cc2Cl)CC1. The summed E-state index contributed by atoms with van der Waals surface area (Å²) in [6.45, 7) is 0.510. The molecule has 20 heavy (non-hydrogen) atoms. The summed E-state index contributed by atoms with van der Waals surface area (Å²) in [7, 11) is 0. The number of carboxylic acid groups (broad SMARTS) is 1. The zero-order valence-corrected chi connectivity index (χ0v) is 11.2. The molecule has 0 atom stereocenters. The van der Waals surface area contributed by atoms with E-state index in [-0.39, 0.29) is 23.7 Å². The molecule has 2 rings (SSSR count). The summed E-state index contributed by atoms with van der Waals surface area (Å²) in [6.07, 6.45) is 0.671. The maximum absolute atomic E-state index is 13.2. The van der Waals surface area contributed by atoms with Gasteiger partial charge in [0.15, 0.2) is 11.6 Å². The number of amides is 1. The van der Waals surface area contributed by atoms with Crippen LogP contribution in [0, 0.1) is 17.6 Å². The molecule has 4 nitrogen and oxygen atoms in total. The summed E-state index contributed by atoms with van der Waals surface area (Å²) in [5.41, 5.74) is -0.112. The van der Waals surface area contributed by atoms with E-state index in [9.17, 15) is 18.4 Å². The number of halogens is 3. The average molecular weight is 304 g/mol. The molecule has 0 saturated carbocycles. The lowest BCUT2D eigenvalue weighted by molar-refractivity contribution is -0.143. The Morgan fingerprint density at radius 3 is 2.30 bits per heavy atom. The maximum atomic E-state index is 13.2. The Balaban J connectivity index is 2.13. The van der Waals surface area contributed by atoms with Gasteiger partial charge in [-0.05, 0) is 25.0 Å². The number of carbonyl (C=O) groups excluding carboxylic acids is 1. The van der Waals surface area contributed by atoms with Gasteiger partial charge in [-0.25, -0.2) is 8.78 Å². The van der Waals surface area contributed by atoms with E-state index in [1.165, 1.54) is 4.90 Å². The van der Waals surface area contributed by atoms with Crippen molar-refractivity contribution in [3.63, 3.8) is 0 Å². The van der Waals surface area contributed by atoms with Crippen molar-refractivity contribution in [2.45, 2.75) is 12.8 Å². The quantitative estimate of drug-likeness (QED) is 0.854. The number of piperidine rings is 1. The summed E-state index contributed by atoms with van der Waals surface area (Å²) in [5, 5.41) is 8.72. The van der Waals surface area contributed by atoms with Crippen molar-refractivity contribution < 1.29 is 23.5 Å². The number of likely N-dealkylation sites (tertiary alicyclic amines) is 1. The van der Waals surface area contributed by atoms with Crippen molar-refractivity contribution in [2.24, 2.45) is 5.92 Å². The van der Waals surface area contributed by atoms with Gasteiger partial charge in [0.25, 0.3) is 5.91 Å². The molecule has 1 heterocycles. The molecule has 0 bridgehead atoms.